The van der Waals surface area contributed by atoms with Crippen molar-refractivity contribution in [3.8, 4) is 0 Å². The normalized spacial score (nSPS) is 5.00. The van der Waals surface area contributed by atoms with E-state index >= 15 is 0 Å². The van der Waals surface area contributed by atoms with Gasteiger partial charge in [0.1, 0.15) is 0 Å². The molecule has 0 amide bonds. The lowest BCUT2D eigenvalue weighted by atomic mass is 10.6. The molecule has 0 radical (unpaired) electrons. The molecule has 0 aliphatic heterocycles. The molecule has 22 valence electrons. The summed E-state index contributed by atoms with van der Waals surface area (Å²) in [6.07, 6.45) is 2.56. The van der Waals surface area contributed by atoms with Crippen LogP contribution in [0.15, 0.2) is 12.2 Å². The van der Waals surface area contributed by atoms with Crippen molar-refractivity contribution in [2.45, 2.75) is 0 Å². The second-order valence-corrected chi connectivity index (χ2v) is 0.385. The Balaban J connectivity index is 2.73. The molecular weight excluding hydrogens is 48.0 g/mol. The first-order valence-corrected chi connectivity index (χ1v) is 1.00. The molecule has 0 N–H and O–H groups in total. The SMILES string of the molecule is [CH-]=CC=[CH-]. The molecule has 0 atom stereocenters. The van der Waals surface area contributed by atoms with Crippen molar-refractivity contribution in [2.75, 3.05) is 0 Å². The molecule has 0 unspecified atom stereocenters. The molecule has 0 aromatic heterocycles. The molecule has 0 saturated heterocycles. The number of rotatable bonds is 1. The Hall–Kier alpha value is -0.520. The maximum absolute atomic E-state index is 4.72. The summed E-state index contributed by atoms with van der Waals surface area (Å²) in [6, 6.07) is 0. The largest absolute Gasteiger partial charge is 0.394 e. The third kappa shape index (κ3) is 1.48. The van der Waals surface area contributed by atoms with E-state index in [-0.39, 0.29) is 0 Å². The molecule has 0 bridgehead atoms. The molecule has 0 aromatic carbocycles. The maximum atomic E-state index is 4.72. The summed E-state index contributed by atoms with van der Waals surface area (Å²) < 4.78 is 0. The van der Waals surface area contributed by atoms with Crippen molar-refractivity contribution in [1.82, 2.24) is 0 Å². The van der Waals surface area contributed by atoms with Crippen LogP contribution in [-0.4, -0.2) is 0 Å². The summed E-state index contributed by atoms with van der Waals surface area (Å²) in [7, 11) is 0. The van der Waals surface area contributed by atoms with Gasteiger partial charge in [-0.2, -0.15) is 0 Å². The van der Waals surface area contributed by atoms with E-state index in [1.54, 1.807) is 0 Å². The quantitative estimate of drug-likeness (QED) is 0.308. The first kappa shape index (κ1) is 3.48. The van der Waals surface area contributed by atoms with Gasteiger partial charge in [0, 0.05) is 0 Å². The molecule has 0 aliphatic rings. The minimum absolute atomic E-state index is 1.28. The Morgan fingerprint density at radius 3 is 1.25 bits per heavy atom. The van der Waals surface area contributed by atoms with Gasteiger partial charge in [-0.15, -0.1) is 0 Å². The Kier molecular flexibility index (Phi) is 2.16. The number of hydrogen-bond donors (Lipinski definition) is 0. The van der Waals surface area contributed by atoms with E-state index in [1.165, 1.54) is 12.2 Å². The highest BCUT2D eigenvalue weighted by atomic mass is 13.4. The second kappa shape index (κ2) is 2.48. The summed E-state index contributed by atoms with van der Waals surface area (Å²) >= 11 is 0. The van der Waals surface area contributed by atoms with Crippen LogP contribution in [0.1, 0.15) is 0 Å². The van der Waals surface area contributed by atoms with Crippen molar-refractivity contribution < 1.29 is 0 Å². The predicted octanol–water partition coefficient (Wildman–Crippen LogP) is 0.965. The average Bonchev–Trinajstić information content (AvgIpc) is 1.37. The van der Waals surface area contributed by atoms with E-state index in [1.807, 2.05) is 0 Å². The molecule has 0 spiro atoms. The zero-order valence-corrected chi connectivity index (χ0v) is 2.31. The van der Waals surface area contributed by atoms with Crippen LogP contribution in [0.2, 0.25) is 0 Å². The van der Waals surface area contributed by atoms with E-state index in [0.29, 0.717) is 0 Å². The summed E-state index contributed by atoms with van der Waals surface area (Å²) in [4.78, 5) is 0. The summed E-state index contributed by atoms with van der Waals surface area (Å²) in [5, 5.41) is 0. The highest BCUT2D eigenvalue weighted by Gasteiger charge is 0.973. The van der Waals surface area contributed by atoms with Crippen molar-refractivity contribution >= 4 is 0 Å². The third-order valence-electron chi connectivity index (χ3n) is 0.111. The number of allylic oxidation sites excluding steroid dienone is 2. The lowest BCUT2D eigenvalue weighted by Gasteiger charge is -1.76. The van der Waals surface area contributed by atoms with Gasteiger partial charge in [0.25, 0.3) is 0 Å². The summed E-state index contributed by atoms with van der Waals surface area (Å²) in [6.45, 7) is 9.44. The molecule has 0 fully saturated rings. The third-order valence-corrected chi connectivity index (χ3v) is 0.111. The van der Waals surface area contributed by atoms with Crippen LogP contribution in [-0.2, 0) is 0 Å². The Bertz CT molecular complexity index is 21.0. The second-order valence-electron chi connectivity index (χ2n) is 0.385. The van der Waals surface area contributed by atoms with E-state index in [0.717, 1.165) is 0 Å². The first-order chi connectivity index (χ1) is 1.91. The van der Waals surface area contributed by atoms with Gasteiger partial charge in [-0.3, -0.25) is 0 Å². The standard InChI is InChI=1S/C4H4/c1-3-4-2/h1-4H/q-2. The fourth-order valence-electron chi connectivity index (χ4n) is 0. The molecular formula is C4H4-2. The zero-order valence-electron chi connectivity index (χ0n) is 2.31. The van der Waals surface area contributed by atoms with Gasteiger partial charge in [0.15, 0.2) is 0 Å². The van der Waals surface area contributed by atoms with Crippen molar-refractivity contribution in [2.24, 2.45) is 0 Å². The molecule has 4 heavy (non-hydrogen) atoms. The van der Waals surface area contributed by atoms with Gasteiger partial charge in [0.05, 0.1) is 0 Å². The van der Waals surface area contributed by atoms with E-state index < -0.39 is 0 Å². The van der Waals surface area contributed by atoms with Gasteiger partial charge in [-0.05, 0) is 0 Å². The Morgan fingerprint density at radius 1 is 1.00 bits per heavy atom. The van der Waals surface area contributed by atoms with Crippen molar-refractivity contribution in [1.29, 1.82) is 0 Å². The highest BCUT2D eigenvalue weighted by Crippen LogP contribution is 1.51. The predicted molar refractivity (Wildman–Crippen MR) is 17.7 cm³/mol. The van der Waals surface area contributed by atoms with E-state index in [9.17, 15) is 0 Å². The van der Waals surface area contributed by atoms with Crippen LogP contribution in [0.25, 0.3) is 0 Å². The summed E-state index contributed by atoms with van der Waals surface area (Å²) in [5.74, 6) is 0. The van der Waals surface area contributed by atoms with Crippen LogP contribution in [0.4, 0.5) is 0 Å². The molecule has 0 aliphatic carbocycles. The summed E-state index contributed by atoms with van der Waals surface area (Å²) in [5.41, 5.74) is 0. The highest BCUT2D eigenvalue weighted by molar-refractivity contribution is 4.83. The molecule has 0 saturated carbocycles. The first-order valence-electron chi connectivity index (χ1n) is 1.00. The molecule has 0 aromatic rings. The van der Waals surface area contributed by atoms with Gasteiger partial charge in [0.2, 0.25) is 0 Å². The minimum Gasteiger partial charge on any atom is -0.394 e. The van der Waals surface area contributed by atoms with E-state index in [4.69, 9.17) is 13.2 Å². The maximum Gasteiger partial charge on any atom is -0.394 e. The fraction of sp³-hybridized carbons (Fsp3) is 0. The van der Waals surface area contributed by atoms with Gasteiger partial charge in [-0.1, -0.05) is 0 Å². The lowest BCUT2D eigenvalue weighted by molar-refractivity contribution is 2.08. The fourth-order valence-corrected chi connectivity index (χ4v) is 0. The average molecular weight is 52.1 g/mol. The monoisotopic (exact) mass is 52.0 g/mol. The molecule has 0 heterocycles. The van der Waals surface area contributed by atoms with Crippen LogP contribution in [0, 0.1) is 13.2 Å². The van der Waals surface area contributed by atoms with Crippen LogP contribution in [0.5, 0.6) is 0 Å². The number of hydrogen-bond acceptors (Lipinski definition) is 0. The van der Waals surface area contributed by atoms with Crippen LogP contribution < -0.4 is 0 Å². The van der Waals surface area contributed by atoms with Gasteiger partial charge in [-0.25, -0.2) is 0 Å². The van der Waals surface area contributed by atoms with Crippen molar-refractivity contribution in [3.05, 3.63) is 25.3 Å². The molecule has 0 heteroatoms. The smallest absolute Gasteiger partial charge is 0.394 e. The van der Waals surface area contributed by atoms with Crippen LogP contribution >= 0.6 is 0 Å². The zero-order chi connectivity index (χ0) is 3.41. The Labute approximate surface area is 26.5 Å². The molecule has 0 rings (SSSR count). The topological polar surface area (TPSA) is 0 Å². The van der Waals surface area contributed by atoms with E-state index in [2.05, 4.69) is 0 Å². The van der Waals surface area contributed by atoms with Gasteiger partial charge < -0.3 is 25.3 Å². The van der Waals surface area contributed by atoms with Crippen molar-refractivity contribution in [3.63, 3.8) is 0 Å². The Morgan fingerprint density at radius 2 is 1.25 bits per heavy atom. The molecule has 0 nitrogen and oxygen atoms in total. The minimum atomic E-state index is 1.28. The van der Waals surface area contributed by atoms with Gasteiger partial charge >= 0.3 is 0 Å². The lowest BCUT2D eigenvalue weighted by Crippen LogP contribution is -1.23. The van der Waals surface area contributed by atoms with Crippen LogP contribution in [0.3, 0.4) is 0 Å².